The molecule has 0 radical (unpaired) electrons. The molecule has 0 atom stereocenters. The summed E-state index contributed by atoms with van der Waals surface area (Å²) in [5, 5.41) is 11.4. The van der Waals surface area contributed by atoms with Crippen molar-refractivity contribution in [2.24, 2.45) is 0 Å². The smallest absolute Gasteiger partial charge is 0.261 e. The van der Waals surface area contributed by atoms with Gasteiger partial charge in [-0.05, 0) is 19.1 Å². The highest BCUT2D eigenvalue weighted by molar-refractivity contribution is 7.14. The molecule has 104 valence electrons. The van der Waals surface area contributed by atoms with Gasteiger partial charge in [0, 0.05) is 6.42 Å². The van der Waals surface area contributed by atoms with Gasteiger partial charge >= 0.3 is 0 Å². The quantitative estimate of drug-likeness (QED) is 0.841. The van der Waals surface area contributed by atoms with Gasteiger partial charge in [0.05, 0.1) is 29.1 Å². The van der Waals surface area contributed by atoms with Crippen molar-refractivity contribution in [2.45, 2.75) is 19.9 Å². The number of aliphatic hydroxyl groups is 1. The number of carbonyl (C=O) groups is 1. The van der Waals surface area contributed by atoms with Crippen LogP contribution in [-0.4, -0.2) is 22.6 Å². The molecule has 0 aliphatic carbocycles. The summed E-state index contributed by atoms with van der Waals surface area (Å²) < 4.78 is 5.27. The van der Waals surface area contributed by atoms with Gasteiger partial charge in [0.1, 0.15) is 5.76 Å². The van der Waals surface area contributed by atoms with E-state index in [4.69, 9.17) is 9.52 Å². The zero-order valence-electron chi connectivity index (χ0n) is 11.0. The number of aliphatic hydroxyl groups excluding tert-OH is 1. The predicted octanol–water partition coefficient (Wildman–Crippen LogP) is 1.71. The topological polar surface area (TPSA) is 75.4 Å². The number of hydrogen-bond donors (Lipinski definition) is 2. The second-order valence-electron chi connectivity index (χ2n) is 3.99. The van der Waals surface area contributed by atoms with Gasteiger partial charge in [-0.3, -0.25) is 4.79 Å². The average Bonchev–Trinajstić information content (AvgIpc) is 3.06. The Kier molecular flexibility index (Phi) is 4.93. The Morgan fingerprint density at radius 3 is 3.10 bits per heavy atom. The lowest BCUT2D eigenvalue weighted by atomic mass is 10.4. The summed E-state index contributed by atoms with van der Waals surface area (Å²) in [5.41, 5.74) is 0. The monoisotopic (exact) mass is 290 g/mol. The molecular weight excluding hydrogens is 276 g/mol. The van der Waals surface area contributed by atoms with Crippen LogP contribution in [0.25, 0.3) is 0 Å². The zero-order valence-corrected chi connectivity index (χ0v) is 11.8. The van der Waals surface area contributed by atoms with Gasteiger partial charge in [0.2, 0.25) is 5.89 Å². The third-order valence-corrected chi connectivity index (χ3v) is 3.35. The molecule has 2 rings (SSSR count). The first kappa shape index (κ1) is 14.3. The van der Waals surface area contributed by atoms with Crippen LogP contribution in [0, 0.1) is 18.8 Å². The van der Waals surface area contributed by atoms with Gasteiger partial charge < -0.3 is 14.8 Å². The third-order valence-electron chi connectivity index (χ3n) is 2.35. The fraction of sp³-hybridized carbons (Fsp3) is 0.286. The van der Waals surface area contributed by atoms with Crippen LogP contribution >= 0.6 is 11.3 Å². The molecule has 0 saturated carbocycles. The molecule has 0 aliphatic heterocycles. The van der Waals surface area contributed by atoms with Crippen LogP contribution in [0.15, 0.2) is 22.7 Å². The highest BCUT2D eigenvalue weighted by Gasteiger charge is 2.09. The molecule has 5 nitrogen and oxygen atoms in total. The molecular formula is C14H14N2O3S. The molecule has 0 aliphatic rings. The molecule has 1 amide bonds. The van der Waals surface area contributed by atoms with Crippen molar-refractivity contribution in [1.29, 1.82) is 0 Å². The summed E-state index contributed by atoms with van der Waals surface area (Å²) in [4.78, 5) is 17.3. The van der Waals surface area contributed by atoms with E-state index in [1.807, 2.05) is 0 Å². The van der Waals surface area contributed by atoms with Crippen LogP contribution < -0.4 is 5.32 Å². The van der Waals surface area contributed by atoms with E-state index in [1.165, 1.54) is 11.3 Å². The van der Waals surface area contributed by atoms with Crippen LogP contribution in [0.2, 0.25) is 0 Å². The van der Waals surface area contributed by atoms with Crippen molar-refractivity contribution in [2.75, 3.05) is 6.61 Å². The van der Waals surface area contributed by atoms with Crippen molar-refractivity contribution in [3.8, 4) is 11.8 Å². The summed E-state index contributed by atoms with van der Waals surface area (Å²) in [6, 6.07) is 3.52. The van der Waals surface area contributed by atoms with Crippen LogP contribution in [-0.2, 0) is 6.54 Å². The Balaban J connectivity index is 1.91. The molecule has 0 bridgehead atoms. The van der Waals surface area contributed by atoms with Gasteiger partial charge in [-0.25, -0.2) is 4.98 Å². The maximum Gasteiger partial charge on any atom is 0.261 e. The average molecular weight is 290 g/mol. The van der Waals surface area contributed by atoms with E-state index in [2.05, 4.69) is 22.1 Å². The van der Waals surface area contributed by atoms with Gasteiger partial charge in [0.15, 0.2) is 0 Å². The molecule has 6 heteroatoms. The van der Waals surface area contributed by atoms with E-state index in [-0.39, 0.29) is 19.1 Å². The summed E-state index contributed by atoms with van der Waals surface area (Å²) in [5.74, 6) is 6.73. The van der Waals surface area contributed by atoms with Crippen molar-refractivity contribution in [3.63, 3.8) is 0 Å². The first-order valence-corrected chi connectivity index (χ1v) is 6.90. The Hall–Kier alpha value is -2.10. The Morgan fingerprint density at radius 1 is 1.55 bits per heavy atom. The van der Waals surface area contributed by atoms with E-state index in [1.54, 1.807) is 25.3 Å². The number of thiophene rings is 1. The summed E-state index contributed by atoms with van der Waals surface area (Å²) in [6.45, 7) is 2.10. The SMILES string of the molecule is Cc1cnc(CNC(=O)c2ccc(C#CCCO)s2)o1. The molecule has 0 fully saturated rings. The maximum absolute atomic E-state index is 11.9. The standard InChI is InChI=1S/C14H14N2O3S/c1-10-8-15-13(19-10)9-16-14(18)12-6-5-11(20-12)4-2-3-7-17/h5-6,8,17H,3,7,9H2,1H3,(H,16,18). The molecule has 0 spiro atoms. The molecule has 2 aromatic rings. The van der Waals surface area contributed by atoms with Gasteiger partial charge in [-0.1, -0.05) is 11.8 Å². The minimum absolute atomic E-state index is 0.0429. The molecule has 0 aromatic carbocycles. The fourth-order valence-electron chi connectivity index (χ4n) is 1.46. The number of rotatable bonds is 4. The van der Waals surface area contributed by atoms with Gasteiger partial charge in [0.25, 0.3) is 5.91 Å². The lowest BCUT2D eigenvalue weighted by Gasteiger charge is -1.99. The van der Waals surface area contributed by atoms with Crippen LogP contribution in [0.1, 0.15) is 32.6 Å². The number of nitrogens with zero attached hydrogens (tertiary/aromatic N) is 1. The highest BCUT2D eigenvalue weighted by atomic mass is 32.1. The number of hydrogen-bond acceptors (Lipinski definition) is 5. The van der Waals surface area contributed by atoms with E-state index in [9.17, 15) is 4.79 Å². The van der Waals surface area contributed by atoms with Gasteiger partial charge in [-0.2, -0.15) is 0 Å². The van der Waals surface area contributed by atoms with Crippen molar-refractivity contribution in [1.82, 2.24) is 10.3 Å². The summed E-state index contributed by atoms with van der Waals surface area (Å²) >= 11 is 1.31. The van der Waals surface area contributed by atoms with Crippen LogP contribution in [0.5, 0.6) is 0 Å². The summed E-state index contributed by atoms with van der Waals surface area (Å²) in [6.07, 6.45) is 2.05. The third kappa shape index (κ3) is 3.95. The molecule has 20 heavy (non-hydrogen) atoms. The Labute approximate surface area is 120 Å². The van der Waals surface area contributed by atoms with Crippen LogP contribution in [0.4, 0.5) is 0 Å². The zero-order chi connectivity index (χ0) is 14.4. The summed E-state index contributed by atoms with van der Waals surface area (Å²) in [7, 11) is 0. The number of oxazole rings is 1. The minimum atomic E-state index is -0.180. The number of aromatic nitrogens is 1. The lowest BCUT2D eigenvalue weighted by Crippen LogP contribution is -2.21. The maximum atomic E-state index is 11.9. The lowest BCUT2D eigenvalue weighted by molar-refractivity contribution is 0.0951. The minimum Gasteiger partial charge on any atom is -0.444 e. The van der Waals surface area contributed by atoms with Crippen molar-refractivity contribution in [3.05, 3.63) is 39.7 Å². The predicted molar refractivity (Wildman–Crippen MR) is 75.3 cm³/mol. The number of carbonyl (C=O) groups excluding carboxylic acids is 1. The molecule has 2 aromatic heterocycles. The number of nitrogens with one attached hydrogen (secondary N) is 1. The number of aryl methyl sites for hydroxylation is 1. The first-order valence-electron chi connectivity index (χ1n) is 6.08. The second-order valence-corrected chi connectivity index (χ2v) is 5.07. The van der Waals surface area contributed by atoms with E-state index in [0.29, 0.717) is 22.9 Å². The Bertz CT molecular complexity index is 649. The van der Waals surface area contributed by atoms with E-state index < -0.39 is 0 Å². The van der Waals surface area contributed by atoms with Crippen molar-refractivity contribution >= 4 is 17.2 Å². The largest absolute Gasteiger partial charge is 0.444 e. The van der Waals surface area contributed by atoms with Gasteiger partial charge in [-0.15, -0.1) is 11.3 Å². The van der Waals surface area contributed by atoms with Crippen LogP contribution in [0.3, 0.4) is 0 Å². The van der Waals surface area contributed by atoms with E-state index >= 15 is 0 Å². The second kappa shape index (κ2) is 6.89. The molecule has 2 heterocycles. The first-order chi connectivity index (χ1) is 9.69. The Morgan fingerprint density at radius 2 is 2.40 bits per heavy atom. The van der Waals surface area contributed by atoms with Crippen molar-refractivity contribution < 1.29 is 14.3 Å². The normalized spacial score (nSPS) is 9.90. The molecule has 0 unspecified atom stereocenters. The highest BCUT2D eigenvalue weighted by Crippen LogP contribution is 2.15. The van der Waals surface area contributed by atoms with E-state index in [0.717, 1.165) is 4.88 Å². The number of amides is 1. The fourth-order valence-corrected chi connectivity index (χ4v) is 2.26. The molecule has 0 saturated heterocycles. The molecule has 2 N–H and O–H groups in total.